The highest BCUT2D eigenvalue weighted by atomic mass is 19.1. The number of hydrogen-bond donors (Lipinski definition) is 1. The molecular weight excluding hydrogens is 405 g/mol. The van der Waals surface area contributed by atoms with E-state index in [2.05, 4.69) is 25.2 Å². The Balaban J connectivity index is 1.49. The number of halogens is 1. The first-order chi connectivity index (χ1) is 15.6. The molecule has 0 atom stereocenters. The maximum atomic E-state index is 13.8. The van der Waals surface area contributed by atoms with Gasteiger partial charge in [0.1, 0.15) is 17.5 Å². The molecule has 0 amide bonds. The van der Waals surface area contributed by atoms with E-state index in [-0.39, 0.29) is 5.82 Å². The number of anilines is 2. The maximum absolute atomic E-state index is 13.8. The van der Waals surface area contributed by atoms with Gasteiger partial charge in [0.2, 0.25) is 0 Å². The highest BCUT2D eigenvalue weighted by Crippen LogP contribution is 2.30. The van der Waals surface area contributed by atoms with Crippen molar-refractivity contribution in [1.29, 1.82) is 0 Å². The molecule has 0 bridgehead atoms. The Hall–Kier alpha value is -3.78. The predicted octanol–water partition coefficient (Wildman–Crippen LogP) is 4.08. The number of aromatic nitrogens is 5. The van der Waals surface area contributed by atoms with Crippen LogP contribution in [0.2, 0.25) is 0 Å². The van der Waals surface area contributed by atoms with Gasteiger partial charge in [-0.3, -0.25) is 9.88 Å². The summed E-state index contributed by atoms with van der Waals surface area (Å²) in [6, 6.07) is 10.2. The average molecular weight is 427 g/mol. The number of aryl methyl sites for hydroxylation is 1. The van der Waals surface area contributed by atoms with Gasteiger partial charge in [-0.2, -0.15) is 0 Å². The molecule has 0 spiro atoms. The van der Waals surface area contributed by atoms with Crippen molar-refractivity contribution < 1.29 is 4.39 Å². The minimum atomic E-state index is -0.300. The van der Waals surface area contributed by atoms with Gasteiger partial charge in [0.25, 0.3) is 0 Å². The molecule has 1 aliphatic heterocycles. The fourth-order valence-electron chi connectivity index (χ4n) is 3.79. The van der Waals surface area contributed by atoms with Gasteiger partial charge in [-0.05, 0) is 37.3 Å². The summed E-state index contributed by atoms with van der Waals surface area (Å²) in [5.41, 5.74) is 4.56. The predicted molar refractivity (Wildman–Crippen MR) is 120 cm³/mol. The SMILES string of the molecule is Cc1ncc(CN2CCc3nc(-c4cccnc4)nc(Nc4cccc(F)c4)c3C2)cn1. The number of nitrogens with one attached hydrogen (secondary N) is 1. The number of hydrogen-bond acceptors (Lipinski definition) is 7. The molecule has 1 N–H and O–H groups in total. The molecule has 1 aromatic carbocycles. The topological polar surface area (TPSA) is 79.7 Å². The summed E-state index contributed by atoms with van der Waals surface area (Å²) in [4.78, 5) is 24.8. The van der Waals surface area contributed by atoms with Gasteiger partial charge in [0, 0.05) is 73.2 Å². The molecule has 160 valence electrons. The van der Waals surface area contributed by atoms with Crippen LogP contribution in [0.3, 0.4) is 0 Å². The average Bonchev–Trinajstić information content (AvgIpc) is 2.81. The Morgan fingerprint density at radius 2 is 1.94 bits per heavy atom. The summed E-state index contributed by atoms with van der Waals surface area (Å²) in [6.45, 7) is 4.16. The number of nitrogens with zero attached hydrogens (tertiary/aromatic N) is 6. The molecule has 8 heteroatoms. The number of rotatable bonds is 5. The van der Waals surface area contributed by atoms with Gasteiger partial charge in [-0.1, -0.05) is 6.07 Å². The Morgan fingerprint density at radius 1 is 1.06 bits per heavy atom. The van der Waals surface area contributed by atoms with Crippen molar-refractivity contribution in [3.8, 4) is 11.4 Å². The third kappa shape index (κ3) is 4.45. The monoisotopic (exact) mass is 427 g/mol. The Morgan fingerprint density at radius 3 is 2.72 bits per heavy atom. The molecule has 0 saturated carbocycles. The number of fused-ring (bicyclic) bond motifs is 1. The zero-order chi connectivity index (χ0) is 21.9. The fourth-order valence-corrected chi connectivity index (χ4v) is 3.79. The van der Waals surface area contributed by atoms with Gasteiger partial charge >= 0.3 is 0 Å². The molecule has 0 aliphatic carbocycles. The van der Waals surface area contributed by atoms with Crippen molar-refractivity contribution >= 4 is 11.5 Å². The van der Waals surface area contributed by atoms with Crippen molar-refractivity contribution in [2.45, 2.75) is 26.4 Å². The zero-order valence-corrected chi connectivity index (χ0v) is 17.7. The lowest BCUT2D eigenvalue weighted by Crippen LogP contribution is -2.31. The summed E-state index contributed by atoms with van der Waals surface area (Å²) in [7, 11) is 0. The van der Waals surface area contributed by atoms with Crippen molar-refractivity contribution in [2.24, 2.45) is 0 Å². The summed E-state index contributed by atoms with van der Waals surface area (Å²) >= 11 is 0. The highest BCUT2D eigenvalue weighted by Gasteiger charge is 2.23. The Bertz CT molecular complexity index is 1230. The minimum Gasteiger partial charge on any atom is -0.340 e. The van der Waals surface area contributed by atoms with Crippen LogP contribution in [0, 0.1) is 12.7 Å². The second-order valence-electron chi connectivity index (χ2n) is 7.80. The molecular formula is C24H22FN7. The molecule has 4 aromatic rings. The highest BCUT2D eigenvalue weighted by molar-refractivity contribution is 5.65. The van der Waals surface area contributed by atoms with E-state index in [1.54, 1.807) is 18.5 Å². The molecule has 3 aromatic heterocycles. The first-order valence-electron chi connectivity index (χ1n) is 10.5. The van der Waals surface area contributed by atoms with Crippen molar-refractivity contribution in [1.82, 2.24) is 29.8 Å². The van der Waals surface area contributed by atoms with Crippen LogP contribution in [-0.2, 0) is 19.5 Å². The van der Waals surface area contributed by atoms with Gasteiger partial charge < -0.3 is 5.32 Å². The van der Waals surface area contributed by atoms with Crippen molar-refractivity contribution in [3.63, 3.8) is 0 Å². The molecule has 0 fully saturated rings. The molecule has 32 heavy (non-hydrogen) atoms. The van der Waals surface area contributed by atoms with E-state index in [4.69, 9.17) is 9.97 Å². The molecule has 4 heterocycles. The van der Waals surface area contributed by atoms with Crippen LogP contribution in [0.1, 0.15) is 22.6 Å². The lowest BCUT2D eigenvalue weighted by Gasteiger charge is -2.29. The summed E-state index contributed by atoms with van der Waals surface area (Å²) in [6.07, 6.45) is 7.99. The quantitative estimate of drug-likeness (QED) is 0.514. The summed E-state index contributed by atoms with van der Waals surface area (Å²) in [5, 5.41) is 3.31. The molecule has 0 radical (unpaired) electrons. The standard InChI is InChI=1S/C24H22FN7/c1-16-27-11-17(12-28-16)14-32-9-7-22-21(15-32)24(29-20-6-2-5-19(25)10-20)31-23(30-22)18-4-3-8-26-13-18/h2-6,8,10-13H,7,9,14-15H2,1H3,(H,29,30,31). The molecule has 0 saturated heterocycles. The normalized spacial score (nSPS) is 13.6. The lowest BCUT2D eigenvalue weighted by atomic mass is 10.0. The third-order valence-corrected chi connectivity index (χ3v) is 5.39. The third-order valence-electron chi connectivity index (χ3n) is 5.39. The van der Waals surface area contributed by atoms with Crippen molar-refractivity contribution in [2.75, 3.05) is 11.9 Å². The van der Waals surface area contributed by atoms with Gasteiger partial charge in [-0.15, -0.1) is 0 Å². The summed E-state index contributed by atoms with van der Waals surface area (Å²) in [5.74, 6) is 1.75. The van der Waals surface area contributed by atoms with Crippen LogP contribution in [0.4, 0.5) is 15.9 Å². The zero-order valence-electron chi connectivity index (χ0n) is 17.7. The van der Waals surface area contributed by atoms with E-state index in [9.17, 15) is 4.39 Å². The van der Waals surface area contributed by atoms with Gasteiger partial charge in [0.05, 0.1) is 5.69 Å². The molecule has 7 nitrogen and oxygen atoms in total. The first kappa shape index (κ1) is 20.1. The molecule has 0 unspecified atom stereocenters. The largest absolute Gasteiger partial charge is 0.340 e. The van der Waals surface area contributed by atoms with Crippen LogP contribution in [0.5, 0.6) is 0 Å². The second-order valence-corrected chi connectivity index (χ2v) is 7.80. The molecule has 5 rings (SSSR count). The minimum absolute atomic E-state index is 0.300. The summed E-state index contributed by atoms with van der Waals surface area (Å²) < 4.78 is 13.8. The van der Waals surface area contributed by atoms with Crippen LogP contribution >= 0.6 is 0 Å². The maximum Gasteiger partial charge on any atom is 0.163 e. The van der Waals surface area contributed by atoms with E-state index < -0.39 is 0 Å². The van der Waals surface area contributed by atoms with Gasteiger partial charge in [0.15, 0.2) is 5.82 Å². The number of pyridine rings is 1. The van der Waals surface area contributed by atoms with E-state index in [0.29, 0.717) is 23.9 Å². The fraction of sp³-hybridized carbons (Fsp3) is 0.208. The Labute approximate surface area is 185 Å². The van der Waals surface area contributed by atoms with E-state index in [1.807, 2.05) is 37.5 Å². The number of benzene rings is 1. The van der Waals surface area contributed by atoms with E-state index >= 15 is 0 Å². The van der Waals surface area contributed by atoms with E-state index in [1.165, 1.54) is 12.1 Å². The second kappa shape index (κ2) is 8.76. The Kier molecular flexibility index (Phi) is 5.51. The van der Waals surface area contributed by atoms with Crippen LogP contribution < -0.4 is 5.32 Å². The first-order valence-corrected chi connectivity index (χ1v) is 10.5. The van der Waals surface area contributed by atoms with Gasteiger partial charge in [-0.25, -0.2) is 24.3 Å². The molecule has 1 aliphatic rings. The van der Waals surface area contributed by atoms with Crippen LogP contribution in [-0.4, -0.2) is 36.4 Å². The van der Waals surface area contributed by atoms with Crippen molar-refractivity contribution in [3.05, 3.63) is 89.6 Å². The van der Waals surface area contributed by atoms with E-state index in [0.717, 1.165) is 47.7 Å². The van der Waals surface area contributed by atoms with Crippen LogP contribution in [0.15, 0.2) is 61.2 Å². The smallest absolute Gasteiger partial charge is 0.163 e. The lowest BCUT2D eigenvalue weighted by molar-refractivity contribution is 0.243. The van der Waals surface area contributed by atoms with Crippen LogP contribution in [0.25, 0.3) is 11.4 Å².